The van der Waals surface area contributed by atoms with Gasteiger partial charge in [0.2, 0.25) is 5.91 Å². The summed E-state index contributed by atoms with van der Waals surface area (Å²) in [6.45, 7) is 4.13. The third-order valence-electron chi connectivity index (χ3n) is 3.64. The summed E-state index contributed by atoms with van der Waals surface area (Å²) >= 11 is 0. The number of halogens is 1. The van der Waals surface area contributed by atoms with Crippen molar-refractivity contribution in [3.8, 4) is 0 Å². The van der Waals surface area contributed by atoms with Crippen LogP contribution in [0, 0.1) is 12.7 Å². The number of nitrogens with one attached hydrogen (secondary N) is 1. The Hall–Kier alpha value is -2.96. The molecule has 0 aliphatic heterocycles. The average Bonchev–Trinajstić information content (AvgIpc) is 3.16. The van der Waals surface area contributed by atoms with E-state index in [0.29, 0.717) is 12.2 Å². The number of hydrogen-bond donors (Lipinski definition) is 1. The molecule has 3 rings (SSSR count). The van der Waals surface area contributed by atoms with Crippen molar-refractivity contribution >= 4 is 11.6 Å². The van der Waals surface area contributed by atoms with Crippen molar-refractivity contribution < 1.29 is 9.18 Å². The highest BCUT2D eigenvalue weighted by Gasteiger charge is 2.16. The van der Waals surface area contributed by atoms with Gasteiger partial charge in [-0.15, -0.1) is 0 Å². The van der Waals surface area contributed by atoms with Gasteiger partial charge in [-0.3, -0.25) is 14.2 Å². The maximum atomic E-state index is 13.2. The maximum Gasteiger partial charge on any atom is 0.249 e. The van der Waals surface area contributed by atoms with Gasteiger partial charge in [0.05, 0.1) is 24.6 Å². The first-order valence-corrected chi connectivity index (χ1v) is 7.60. The van der Waals surface area contributed by atoms with Crippen molar-refractivity contribution in [3.63, 3.8) is 0 Å². The van der Waals surface area contributed by atoms with E-state index < -0.39 is 6.04 Å². The number of carbonyl (C=O) groups is 1. The lowest BCUT2D eigenvalue weighted by molar-refractivity contribution is -0.119. The number of anilines is 1. The van der Waals surface area contributed by atoms with Crippen molar-refractivity contribution in [1.82, 2.24) is 19.6 Å². The van der Waals surface area contributed by atoms with Gasteiger partial charge in [0, 0.05) is 12.4 Å². The molecule has 1 atom stereocenters. The zero-order valence-corrected chi connectivity index (χ0v) is 13.5. The molecule has 0 saturated heterocycles. The molecule has 0 saturated carbocycles. The summed E-state index contributed by atoms with van der Waals surface area (Å²) in [5.74, 6) is -0.458. The number of benzene rings is 1. The Labute approximate surface area is 138 Å². The van der Waals surface area contributed by atoms with Crippen LogP contribution in [0.15, 0.2) is 49.1 Å². The molecule has 0 fully saturated rings. The van der Waals surface area contributed by atoms with Gasteiger partial charge < -0.3 is 5.32 Å². The molecular weight excluding hydrogens is 309 g/mol. The SMILES string of the molecule is Cc1cnn(C(C)C(=O)Nc2cnn(Cc3cccc(F)c3)c2)c1. The van der Waals surface area contributed by atoms with E-state index in [2.05, 4.69) is 15.5 Å². The first-order valence-electron chi connectivity index (χ1n) is 7.60. The Balaban J connectivity index is 1.64. The van der Waals surface area contributed by atoms with Crippen molar-refractivity contribution in [2.75, 3.05) is 5.32 Å². The van der Waals surface area contributed by atoms with E-state index in [4.69, 9.17) is 0 Å². The van der Waals surface area contributed by atoms with Gasteiger partial charge >= 0.3 is 0 Å². The summed E-state index contributed by atoms with van der Waals surface area (Å²) in [5.41, 5.74) is 2.39. The standard InChI is InChI=1S/C17H18FN5O/c1-12-7-20-23(9-12)13(2)17(24)21-16-8-19-22(11-16)10-14-4-3-5-15(18)6-14/h3-9,11,13H,10H2,1-2H3,(H,21,24). The number of aromatic nitrogens is 4. The Morgan fingerprint density at radius 3 is 2.83 bits per heavy atom. The van der Waals surface area contributed by atoms with E-state index in [1.807, 2.05) is 19.2 Å². The van der Waals surface area contributed by atoms with Gasteiger partial charge in [-0.25, -0.2) is 4.39 Å². The molecule has 2 heterocycles. The lowest BCUT2D eigenvalue weighted by Gasteiger charge is -2.11. The topological polar surface area (TPSA) is 64.7 Å². The van der Waals surface area contributed by atoms with Gasteiger partial charge in [0.15, 0.2) is 0 Å². The van der Waals surface area contributed by atoms with Gasteiger partial charge in [-0.1, -0.05) is 12.1 Å². The van der Waals surface area contributed by atoms with Crippen LogP contribution in [0.25, 0.3) is 0 Å². The van der Waals surface area contributed by atoms with Crippen LogP contribution in [-0.4, -0.2) is 25.5 Å². The third-order valence-corrected chi connectivity index (χ3v) is 3.64. The molecule has 0 aliphatic carbocycles. The van der Waals surface area contributed by atoms with Crippen LogP contribution in [-0.2, 0) is 11.3 Å². The summed E-state index contributed by atoms with van der Waals surface area (Å²) in [5, 5.41) is 11.1. The molecular formula is C17H18FN5O. The zero-order chi connectivity index (χ0) is 17.1. The predicted octanol–water partition coefficient (Wildman–Crippen LogP) is 2.78. The molecule has 1 N–H and O–H groups in total. The summed E-state index contributed by atoms with van der Waals surface area (Å²) < 4.78 is 16.5. The second-order valence-electron chi connectivity index (χ2n) is 5.72. The quantitative estimate of drug-likeness (QED) is 0.784. The minimum atomic E-state index is -0.426. The van der Waals surface area contributed by atoms with Gasteiger partial charge in [0.1, 0.15) is 11.9 Å². The number of rotatable bonds is 5. The van der Waals surface area contributed by atoms with E-state index in [1.165, 1.54) is 12.1 Å². The van der Waals surface area contributed by atoms with Crippen LogP contribution < -0.4 is 5.32 Å². The van der Waals surface area contributed by atoms with E-state index in [0.717, 1.165) is 11.1 Å². The molecule has 24 heavy (non-hydrogen) atoms. The Bertz CT molecular complexity index is 854. The average molecular weight is 327 g/mol. The van der Waals surface area contributed by atoms with Crippen molar-refractivity contribution in [3.05, 3.63) is 66.0 Å². The fraction of sp³-hybridized carbons (Fsp3) is 0.235. The fourth-order valence-corrected chi connectivity index (χ4v) is 2.35. The highest BCUT2D eigenvalue weighted by molar-refractivity contribution is 5.93. The van der Waals surface area contributed by atoms with E-state index in [9.17, 15) is 9.18 Å². The molecule has 7 heteroatoms. The fourth-order valence-electron chi connectivity index (χ4n) is 2.35. The molecule has 124 valence electrons. The highest BCUT2D eigenvalue weighted by atomic mass is 19.1. The van der Waals surface area contributed by atoms with Crippen LogP contribution in [0.1, 0.15) is 24.1 Å². The number of aryl methyl sites for hydroxylation is 1. The van der Waals surface area contributed by atoms with E-state index in [1.54, 1.807) is 40.9 Å². The second-order valence-corrected chi connectivity index (χ2v) is 5.72. The smallest absolute Gasteiger partial charge is 0.249 e. The molecule has 2 aromatic heterocycles. The number of hydrogen-bond acceptors (Lipinski definition) is 3. The minimum Gasteiger partial charge on any atom is -0.322 e. The monoisotopic (exact) mass is 327 g/mol. The number of carbonyl (C=O) groups excluding carboxylic acids is 1. The Morgan fingerprint density at radius 1 is 1.29 bits per heavy atom. The maximum absolute atomic E-state index is 13.2. The molecule has 1 amide bonds. The number of nitrogens with zero attached hydrogens (tertiary/aromatic N) is 4. The predicted molar refractivity (Wildman–Crippen MR) is 88.0 cm³/mol. The van der Waals surface area contributed by atoms with Crippen LogP contribution in [0.5, 0.6) is 0 Å². The first kappa shape index (κ1) is 15.9. The highest BCUT2D eigenvalue weighted by Crippen LogP contribution is 2.13. The van der Waals surface area contributed by atoms with Crippen LogP contribution in [0.3, 0.4) is 0 Å². The van der Waals surface area contributed by atoms with Crippen LogP contribution in [0.4, 0.5) is 10.1 Å². The lowest BCUT2D eigenvalue weighted by atomic mass is 10.2. The normalized spacial score (nSPS) is 12.1. The molecule has 0 aliphatic rings. The summed E-state index contributed by atoms with van der Waals surface area (Å²) in [7, 11) is 0. The lowest BCUT2D eigenvalue weighted by Crippen LogP contribution is -2.23. The molecule has 1 unspecified atom stereocenters. The minimum absolute atomic E-state index is 0.177. The van der Waals surface area contributed by atoms with Gasteiger partial charge in [0.25, 0.3) is 0 Å². The van der Waals surface area contributed by atoms with Crippen LogP contribution >= 0.6 is 0 Å². The summed E-state index contributed by atoms with van der Waals surface area (Å²) in [4.78, 5) is 12.3. The molecule has 0 bridgehead atoms. The van der Waals surface area contributed by atoms with Crippen molar-refractivity contribution in [1.29, 1.82) is 0 Å². The van der Waals surface area contributed by atoms with Crippen LogP contribution in [0.2, 0.25) is 0 Å². The molecule has 0 spiro atoms. The third kappa shape index (κ3) is 3.68. The van der Waals surface area contributed by atoms with Crippen molar-refractivity contribution in [2.24, 2.45) is 0 Å². The first-order chi connectivity index (χ1) is 11.5. The molecule has 6 nitrogen and oxygen atoms in total. The van der Waals surface area contributed by atoms with Gasteiger partial charge in [-0.2, -0.15) is 10.2 Å². The Morgan fingerprint density at radius 2 is 2.12 bits per heavy atom. The molecule has 0 radical (unpaired) electrons. The largest absolute Gasteiger partial charge is 0.322 e. The second kappa shape index (κ2) is 6.66. The van der Waals surface area contributed by atoms with Gasteiger partial charge in [-0.05, 0) is 37.1 Å². The molecule has 3 aromatic rings. The van der Waals surface area contributed by atoms with E-state index in [-0.39, 0.29) is 11.7 Å². The van der Waals surface area contributed by atoms with Crippen molar-refractivity contribution in [2.45, 2.75) is 26.4 Å². The van der Waals surface area contributed by atoms with E-state index >= 15 is 0 Å². The zero-order valence-electron chi connectivity index (χ0n) is 13.5. The Kier molecular flexibility index (Phi) is 4.41. The number of amides is 1. The summed E-state index contributed by atoms with van der Waals surface area (Å²) in [6, 6.07) is 5.92. The molecule has 1 aromatic carbocycles. The summed E-state index contributed by atoms with van der Waals surface area (Å²) in [6.07, 6.45) is 6.81.